The Morgan fingerprint density at radius 2 is 1.90 bits per heavy atom. The third kappa shape index (κ3) is 3.61. The Bertz CT molecular complexity index is 604. The fourth-order valence-electron chi connectivity index (χ4n) is 2.62. The predicted octanol–water partition coefficient (Wildman–Crippen LogP) is 3.50. The lowest BCUT2D eigenvalue weighted by atomic mass is 9.91. The quantitative estimate of drug-likeness (QED) is 0.891. The minimum atomic E-state index is -3.42. The van der Waals surface area contributed by atoms with Gasteiger partial charge in [-0.25, -0.2) is 13.2 Å². The third-order valence-corrected chi connectivity index (χ3v) is 6.28. The molecule has 110 valence electrons. The summed E-state index contributed by atoms with van der Waals surface area (Å²) in [7, 11) is -3.42. The van der Waals surface area contributed by atoms with Crippen LogP contribution in [0, 0.1) is 5.92 Å². The normalized spacial score (nSPS) is 17.1. The topological polar surface area (TPSA) is 71.4 Å². The van der Waals surface area contributed by atoms with Gasteiger partial charge in [-0.3, -0.25) is 0 Å². The van der Waals surface area contributed by atoms with Gasteiger partial charge in [-0.05, 0) is 52.9 Å². The molecule has 1 aliphatic carbocycles. The molecule has 0 aromatic heterocycles. The lowest BCUT2D eigenvalue weighted by Crippen LogP contribution is -2.19. The number of hydrogen-bond acceptors (Lipinski definition) is 3. The van der Waals surface area contributed by atoms with E-state index in [9.17, 15) is 13.2 Å². The van der Waals surface area contributed by atoms with Gasteiger partial charge in [0.05, 0.1) is 16.2 Å². The number of carboxylic acid groups (broad SMARTS) is 1. The summed E-state index contributed by atoms with van der Waals surface area (Å²) in [6, 6.07) is 4.19. The van der Waals surface area contributed by atoms with Crippen LogP contribution in [0.5, 0.6) is 0 Å². The molecule has 0 unspecified atom stereocenters. The summed E-state index contributed by atoms with van der Waals surface area (Å²) in [5.74, 6) is -0.814. The molecule has 1 fully saturated rings. The fourth-order valence-corrected chi connectivity index (χ4v) is 4.76. The second-order valence-corrected chi connectivity index (χ2v) is 8.12. The molecule has 0 amide bonds. The number of aromatic carboxylic acids is 1. The molecule has 0 aliphatic heterocycles. The van der Waals surface area contributed by atoms with Crippen LogP contribution in [0.4, 0.5) is 0 Å². The van der Waals surface area contributed by atoms with Crippen molar-refractivity contribution in [3.05, 3.63) is 28.2 Å². The van der Waals surface area contributed by atoms with Crippen LogP contribution in [0.3, 0.4) is 0 Å². The molecule has 0 heterocycles. The number of sulfone groups is 1. The molecule has 1 aromatic rings. The van der Waals surface area contributed by atoms with Crippen molar-refractivity contribution in [2.24, 2.45) is 5.92 Å². The highest BCUT2D eigenvalue weighted by atomic mass is 79.9. The van der Waals surface area contributed by atoms with E-state index in [-0.39, 0.29) is 22.1 Å². The fraction of sp³-hybridized carbons (Fsp3) is 0.500. The number of hydrogen-bond donors (Lipinski definition) is 1. The number of rotatable bonds is 4. The summed E-state index contributed by atoms with van der Waals surface area (Å²) >= 11 is 3.12. The highest BCUT2D eigenvalue weighted by molar-refractivity contribution is 9.10. The van der Waals surface area contributed by atoms with Gasteiger partial charge in [-0.15, -0.1) is 0 Å². The molecule has 1 N–H and O–H groups in total. The standard InChI is InChI=1S/C14H17BrO4S/c15-13-7-6-11(8-12(13)14(16)17)20(18,19)9-10-4-2-1-3-5-10/h6-8,10H,1-5,9H2,(H,16,17). The molecule has 20 heavy (non-hydrogen) atoms. The molecular weight excluding hydrogens is 344 g/mol. The Labute approximate surface area is 127 Å². The van der Waals surface area contributed by atoms with Crippen LogP contribution in [-0.2, 0) is 9.84 Å². The molecule has 0 saturated heterocycles. The second-order valence-electron chi connectivity index (χ2n) is 5.23. The molecule has 2 rings (SSSR count). The summed E-state index contributed by atoms with van der Waals surface area (Å²) in [6.45, 7) is 0. The van der Waals surface area contributed by atoms with E-state index in [0.29, 0.717) is 4.47 Å². The summed E-state index contributed by atoms with van der Waals surface area (Å²) in [6.07, 6.45) is 5.24. The van der Waals surface area contributed by atoms with Gasteiger partial charge in [0.15, 0.2) is 9.84 Å². The zero-order valence-corrected chi connectivity index (χ0v) is 13.4. The second kappa shape index (κ2) is 6.26. The Morgan fingerprint density at radius 3 is 2.50 bits per heavy atom. The molecule has 1 saturated carbocycles. The minimum absolute atomic E-state index is 0.0188. The molecule has 0 radical (unpaired) electrons. The van der Waals surface area contributed by atoms with E-state index in [1.165, 1.54) is 24.6 Å². The molecule has 6 heteroatoms. The molecular formula is C14H17BrO4S. The van der Waals surface area contributed by atoms with Crippen LogP contribution in [0.25, 0.3) is 0 Å². The van der Waals surface area contributed by atoms with Gasteiger partial charge >= 0.3 is 5.97 Å². The van der Waals surface area contributed by atoms with E-state index in [1.54, 1.807) is 0 Å². The lowest BCUT2D eigenvalue weighted by Gasteiger charge is -2.21. The maximum Gasteiger partial charge on any atom is 0.336 e. The Hall–Kier alpha value is -0.880. The number of carbonyl (C=O) groups is 1. The van der Waals surface area contributed by atoms with Gasteiger partial charge in [0.25, 0.3) is 0 Å². The van der Waals surface area contributed by atoms with Gasteiger partial charge in [0.1, 0.15) is 0 Å². The zero-order valence-electron chi connectivity index (χ0n) is 11.0. The average molecular weight is 361 g/mol. The van der Waals surface area contributed by atoms with Crippen molar-refractivity contribution in [1.82, 2.24) is 0 Å². The molecule has 0 atom stereocenters. The Morgan fingerprint density at radius 1 is 1.25 bits per heavy atom. The van der Waals surface area contributed by atoms with Crippen molar-refractivity contribution in [3.8, 4) is 0 Å². The smallest absolute Gasteiger partial charge is 0.336 e. The first-order valence-corrected chi connectivity index (χ1v) is 9.10. The van der Waals surface area contributed by atoms with Crippen molar-refractivity contribution in [2.45, 2.75) is 37.0 Å². The Kier molecular flexibility index (Phi) is 4.86. The van der Waals surface area contributed by atoms with Crippen molar-refractivity contribution in [3.63, 3.8) is 0 Å². The number of benzene rings is 1. The predicted molar refractivity (Wildman–Crippen MR) is 79.7 cm³/mol. The highest BCUT2D eigenvalue weighted by Crippen LogP contribution is 2.28. The van der Waals surface area contributed by atoms with Crippen LogP contribution >= 0.6 is 15.9 Å². The molecule has 1 aliphatic rings. The van der Waals surface area contributed by atoms with E-state index in [0.717, 1.165) is 25.7 Å². The summed E-state index contributed by atoms with van der Waals surface area (Å²) < 4.78 is 25.1. The maximum atomic E-state index is 12.4. The van der Waals surface area contributed by atoms with Gasteiger partial charge in [-0.2, -0.15) is 0 Å². The maximum absolute atomic E-state index is 12.4. The Balaban J connectivity index is 2.24. The summed E-state index contributed by atoms with van der Waals surface area (Å²) in [5.41, 5.74) is -0.0188. The first kappa shape index (κ1) is 15.5. The van der Waals surface area contributed by atoms with E-state index in [4.69, 9.17) is 5.11 Å². The highest BCUT2D eigenvalue weighted by Gasteiger charge is 2.24. The lowest BCUT2D eigenvalue weighted by molar-refractivity contribution is 0.0695. The SMILES string of the molecule is O=C(O)c1cc(S(=O)(=O)CC2CCCCC2)ccc1Br. The van der Waals surface area contributed by atoms with Gasteiger partial charge in [-0.1, -0.05) is 19.3 Å². The van der Waals surface area contributed by atoms with Gasteiger partial charge in [0.2, 0.25) is 0 Å². The third-order valence-electron chi connectivity index (χ3n) is 3.71. The first-order valence-electron chi connectivity index (χ1n) is 6.66. The van der Waals surface area contributed by atoms with E-state index in [2.05, 4.69) is 15.9 Å². The zero-order chi connectivity index (χ0) is 14.8. The molecule has 0 bridgehead atoms. The average Bonchev–Trinajstić information content (AvgIpc) is 2.39. The van der Waals surface area contributed by atoms with Crippen LogP contribution in [0.2, 0.25) is 0 Å². The van der Waals surface area contributed by atoms with Crippen LogP contribution < -0.4 is 0 Å². The van der Waals surface area contributed by atoms with Crippen molar-refractivity contribution >= 4 is 31.7 Å². The monoisotopic (exact) mass is 360 g/mol. The number of carboxylic acids is 1. The first-order chi connectivity index (χ1) is 9.40. The van der Waals surface area contributed by atoms with Crippen molar-refractivity contribution < 1.29 is 18.3 Å². The van der Waals surface area contributed by atoms with Crippen LogP contribution in [-0.4, -0.2) is 25.2 Å². The van der Waals surface area contributed by atoms with Crippen molar-refractivity contribution in [2.75, 3.05) is 5.75 Å². The summed E-state index contributed by atoms with van der Waals surface area (Å²) in [5, 5.41) is 9.05. The molecule has 0 spiro atoms. The number of halogens is 1. The largest absolute Gasteiger partial charge is 0.478 e. The molecule has 4 nitrogen and oxygen atoms in total. The van der Waals surface area contributed by atoms with Crippen molar-refractivity contribution in [1.29, 1.82) is 0 Å². The van der Waals surface area contributed by atoms with Crippen LogP contribution in [0.1, 0.15) is 42.5 Å². The minimum Gasteiger partial charge on any atom is -0.478 e. The molecule has 1 aromatic carbocycles. The van der Waals surface area contributed by atoms with Crippen LogP contribution in [0.15, 0.2) is 27.6 Å². The van der Waals surface area contributed by atoms with E-state index >= 15 is 0 Å². The van der Waals surface area contributed by atoms with Gasteiger partial charge in [0, 0.05) is 4.47 Å². The van der Waals surface area contributed by atoms with Gasteiger partial charge < -0.3 is 5.11 Å². The van der Waals surface area contributed by atoms with E-state index in [1.807, 2.05) is 0 Å². The van der Waals surface area contributed by atoms with E-state index < -0.39 is 15.8 Å². The summed E-state index contributed by atoms with van der Waals surface area (Å²) in [4.78, 5) is 11.2.